The standard InChI is InChI=1S/C11H14BrN3O2/c1-11(6-13-7-11)17-5-10(16)15-8-2-3-9(12)14-4-8/h2-4,13H,5-7H2,1H3,(H,15,16). The van der Waals surface area contributed by atoms with Crippen molar-refractivity contribution in [3.8, 4) is 0 Å². The lowest BCUT2D eigenvalue weighted by molar-refractivity contribution is -0.130. The zero-order chi connectivity index (χ0) is 12.3. The van der Waals surface area contributed by atoms with Crippen molar-refractivity contribution in [2.24, 2.45) is 0 Å². The third-order valence-electron chi connectivity index (χ3n) is 2.56. The molecule has 0 aromatic carbocycles. The first kappa shape index (κ1) is 12.5. The van der Waals surface area contributed by atoms with Crippen LogP contribution in [0.25, 0.3) is 0 Å². The minimum absolute atomic E-state index is 0.0637. The van der Waals surface area contributed by atoms with Crippen LogP contribution >= 0.6 is 15.9 Å². The molecule has 0 radical (unpaired) electrons. The highest BCUT2D eigenvalue weighted by Gasteiger charge is 2.32. The van der Waals surface area contributed by atoms with Crippen molar-refractivity contribution >= 4 is 27.5 Å². The Labute approximate surface area is 108 Å². The van der Waals surface area contributed by atoms with Gasteiger partial charge in [0.2, 0.25) is 5.91 Å². The summed E-state index contributed by atoms with van der Waals surface area (Å²) in [6, 6.07) is 3.55. The van der Waals surface area contributed by atoms with E-state index < -0.39 is 0 Å². The maximum atomic E-state index is 11.6. The van der Waals surface area contributed by atoms with Gasteiger partial charge in [-0.2, -0.15) is 0 Å². The highest BCUT2D eigenvalue weighted by molar-refractivity contribution is 9.10. The van der Waals surface area contributed by atoms with Gasteiger partial charge in [0.05, 0.1) is 17.5 Å². The van der Waals surface area contributed by atoms with Crippen molar-refractivity contribution < 1.29 is 9.53 Å². The Balaban J connectivity index is 1.79. The molecule has 1 aliphatic rings. The molecule has 17 heavy (non-hydrogen) atoms. The summed E-state index contributed by atoms with van der Waals surface area (Å²) in [5.74, 6) is -0.165. The van der Waals surface area contributed by atoms with Gasteiger partial charge in [-0.05, 0) is 35.0 Å². The molecule has 1 saturated heterocycles. The second kappa shape index (κ2) is 5.12. The first-order valence-corrected chi connectivity index (χ1v) is 6.13. The zero-order valence-electron chi connectivity index (χ0n) is 9.50. The van der Waals surface area contributed by atoms with Gasteiger partial charge in [0.1, 0.15) is 11.2 Å². The Morgan fingerprint density at radius 3 is 2.94 bits per heavy atom. The number of hydrogen-bond donors (Lipinski definition) is 2. The summed E-state index contributed by atoms with van der Waals surface area (Å²) < 4.78 is 6.25. The summed E-state index contributed by atoms with van der Waals surface area (Å²) in [6.07, 6.45) is 1.59. The van der Waals surface area contributed by atoms with Crippen molar-refractivity contribution in [2.75, 3.05) is 25.0 Å². The number of nitrogens with zero attached hydrogens (tertiary/aromatic N) is 1. The van der Waals surface area contributed by atoms with Crippen molar-refractivity contribution in [1.29, 1.82) is 0 Å². The summed E-state index contributed by atoms with van der Waals surface area (Å²) in [5.41, 5.74) is 0.466. The van der Waals surface area contributed by atoms with Crippen molar-refractivity contribution in [3.05, 3.63) is 22.9 Å². The fraction of sp³-hybridized carbons (Fsp3) is 0.455. The van der Waals surface area contributed by atoms with Crippen molar-refractivity contribution in [2.45, 2.75) is 12.5 Å². The van der Waals surface area contributed by atoms with Crippen LogP contribution in [0.4, 0.5) is 5.69 Å². The average molecular weight is 300 g/mol. The summed E-state index contributed by atoms with van der Waals surface area (Å²) in [4.78, 5) is 15.6. The number of rotatable bonds is 4. The third kappa shape index (κ3) is 3.49. The molecule has 6 heteroatoms. The number of ether oxygens (including phenoxy) is 1. The lowest BCUT2D eigenvalue weighted by Gasteiger charge is -2.38. The van der Waals surface area contributed by atoms with Gasteiger partial charge >= 0.3 is 0 Å². The normalized spacial score (nSPS) is 17.3. The number of nitrogens with one attached hydrogen (secondary N) is 2. The Morgan fingerprint density at radius 2 is 2.41 bits per heavy atom. The van der Waals surface area contributed by atoms with Gasteiger partial charge < -0.3 is 15.4 Å². The van der Waals surface area contributed by atoms with Crippen molar-refractivity contribution in [3.63, 3.8) is 0 Å². The molecule has 2 N–H and O–H groups in total. The average Bonchev–Trinajstić information content (AvgIpc) is 2.27. The van der Waals surface area contributed by atoms with Crippen LogP contribution in [0.1, 0.15) is 6.92 Å². The summed E-state index contributed by atoms with van der Waals surface area (Å²) in [5, 5.41) is 5.83. The highest BCUT2D eigenvalue weighted by atomic mass is 79.9. The van der Waals surface area contributed by atoms with E-state index in [0.29, 0.717) is 5.69 Å². The topological polar surface area (TPSA) is 63.2 Å². The van der Waals surface area contributed by atoms with E-state index >= 15 is 0 Å². The molecule has 1 amide bonds. The fourth-order valence-corrected chi connectivity index (χ4v) is 1.70. The van der Waals surface area contributed by atoms with E-state index in [1.807, 2.05) is 6.92 Å². The van der Waals surface area contributed by atoms with Crippen LogP contribution in [-0.4, -0.2) is 36.2 Å². The van der Waals surface area contributed by atoms with Crippen molar-refractivity contribution in [1.82, 2.24) is 10.3 Å². The number of halogens is 1. The number of aromatic nitrogens is 1. The SMILES string of the molecule is CC1(OCC(=O)Nc2ccc(Br)nc2)CNC1. The van der Waals surface area contributed by atoms with Gasteiger partial charge in [-0.1, -0.05) is 0 Å². The summed E-state index contributed by atoms with van der Waals surface area (Å²) in [6.45, 7) is 3.63. The molecule has 5 nitrogen and oxygen atoms in total. The van der Waals surface area contributed by atoms with E-state index in [1.54, 1.807) is 18.3 Å². The van der Waals surface area contributed by atoms with Gasteiger partial charge in [-0.3, -0.25) is 4.79 Å². The molecule has 1 aliphatic heterocycles. The molecular weight excluding hydrogens is 286 g/mol. The smallest absolute Gasteiger partial charge is 0.250 e. The van der Waals surface area contributed by atoms with Gasteiger partial charge in [-0.15, -0.1) is 0 Å². The first-order chi connectivity index (χ1) is 8.07. The van der Waals surface area contributed by atoms with E-state index in [-0.39, 0.29) is 18.1 Å². The number of anilines is 1. The van der Waals surface area contributed by atoms with Crippen LogP contribution in [0.2, 0.25) is 0 Å². The lowest BCUT2D eigenvalue weighted by Crippen LogP contribution is -2.59. The molecule has 2 heterocycles. The number of carbonyl (C=O) groups excluding carboxylic acids is 1. The Bertz CT molecular complexity index is 404. The zero-order valence-corrected chi connectivity index (χ0v) is 11.1. The van der Waals surface area contributed by atoms with Crippen LogP contribution in [0.15, 0.2) is 22.9 Å². The van der Waals surface area contributed by atoms with Gasteiger partial charge in [0.15, 0.2) is 0 Å². The molecule has 0 saturated carbocycles. The maximum Gasteiger partial charge on any atom is 0.250 e. The fourth-order valence-electron chi connectivity index (χ4n) is 1.47. The van der Waals surface area contributed by atoms with Gasteiger partial charge in [0.25, 0.3) is 0 Å². The van der Waals surface area contributed by atoms with E-state index in [4.69, 9.17) is 4.74 Å². The highest BCUT2D eigenvalue weighted by Crippen LogP contribution is 2.15. The number of amides is 1. The van der Waals surface area contributed by atoms with E-state index in [2.05, 4.69) is 31.5 Å². The first-order valence-electron chi connectivity index (χ1n) is 5.33. The third-order valence-corrected chi connectivity index (χ3v) is 3.03. The minimum atomic E-state index is -0.199. The Morgan fingerprint density at radius 1 is 1.65 bits per heavy atom. The maximum absolute atomic E-state index is 11.6. The quantitative estimate of drug-likeness (QED) is 0.819. The molecule has 92 valence electrons. The monoisotopic (exact) mass is 299 g/mol. The lowest BCUT2D eigenvalue weighted by atomic mass is 10.0. The van der Waals surface area contributed by atoms with Crippen LogP contribution < -0.4 is 10.6 Å². The second-order valence-electron chi connectivity index (χ2n) is 4.26. The van der Waals surface area contributed by atoms with Crippen LogP contribution in [-0.2, 0) is 9.53 Å². The molecule has 0 unspecified atom stereocenters. The van der Waals surface area contributed by atoms with Gasteiger partial charge in [0, 0.05) is 13.1 Å². The largest absolute Gasteiger partial charge is 0.363 e. The molecule has 1 aromatic rings. The molecule has 0 atom stereocenters. The molecule has 2 rings (SSSR count). The summed E-state index contributed by atoms with van der Waals surface area (Å²) >= 11 is 3.23. The van der Waals surface area contributed by atoms with E-state index in [9.17, 15) is 4.79 Å². The van der Waals surface area contributed by atoms with Crippen LogP contribution in [0, 0.1) is 0 Å². The van der Waals surface area contributed by atoms with E-state index in [0.717, 1.165) is 17.7 Å². The molecule has 0 spiro atoms. The van der Waals surface area contributed by atoms with Crippen LogP contribution in [0.3, 0.4) is 0 Å². The summed E-state index contributed by atoms with van der Waals surface area (Å²) in [7, 11) is 0. The Kier molecular flexibility index (Phi) is 3.76. The minimum Gasteiger partial charge on any atom is -0.363 e. The molecule has 1 fully saturated rings. The number of carbonyl (C=O) groups is 1. The second-order valence-corrected chi connectivity index (χ2v) is 5.07. The van der Waals surface area contributed by atoms with Gasteiger partial charge in [-0.25, -0.2) is 4.98 Å². The molecule has 0 aliphatic carbocycles. The Hall–Kier alpha value is -0.980. The number of pyridine rings is 1. The molecular formula is C11H14BrN3O2. The molecule has 1 aromatic heterocycles. The van der Waals surface area contributed by atoms with E-state index in [1.165, 1.54) is 0 Å². The predicted octanol–water partition coefficient (Wildman–Crippen LogP) is 1.16. The molecule has 0 bridgehead atoms. The predicted molar refractivity (Wildman–Crippen MR) is 67.8 cm³/mol. The van der Waals surface area contributed by atoms with Crippen LogP contribution in [0.5, 0.6) is 0 Å². The number of hydrogen-bond acceptors (Lipinski definition) is 4.